The van der Waals surface area contributed by atoms with Crippen LogP contribution < -0.4 is 0 Å². The highest BCUT2D eigenvalue weighted by atomic mass is 16.5. The normalized spacial score (nSPS) is 31.8. The van der Waals surface area contributed by atoms with Crippen LogP contribution in [0.15, 0.2) is 24.3 Å². The van der Waals surface area contributed by atoms with Gasteiger partial charge in [-0.3, -0.25) is 4.90 Å². The maximum absolute atomic E-state index is 10.1. The van der Waals surface area contributed by atoms with Crippen LogP contribution in [0.3, 0.4) is 0 Å². The van der Waals surface area contributed by atoms with Crippen molar-refractivity contribution in [3.63, 3.8) is 0 Å². The second-order valence-corrected chi connectivity index (χ2v) is 5.28. The number of fused-ring (bicyclic) bond motifs is 3. The molecule has 3 heteroatoms. The van der Waals surface area contributed by atoms with Crippen molar-refractivity contribution < 1.29 is 9.84 Å². The first-order valence-electron chi connectivity index (χ1n) is 6.94. The largest absolute Gasteiger partial charge is 0.376 e. The van der Waals surface area contributed by atoms with E-state index >= 15 is 0 Å². The van der Waals surface area contributed by atoms with E-state index < -0.39 is 6.23 Å². The van der Waals surface area contributed by atoms with E-state index in [1.54, 1.807) is 0 Å². The van der Waals surface area contributed by atoms with Crippen molar-refractivity contribution in [1.82, 2.24) is 4.90 Å². The van der Waals surface area contributed by atoms with Gasteiger partial charge in [0.1, 0.15) is 6.23 Å². The van der Waals surface area contributed by atoms with Crippen LogP contribution in [0, 0.1) is 0 Å². The second kappa shape index (κ2) is 5.00. The fraction of sp³-hybridized carbons (Fsp3) is 0.600. The van der Waals surface area contributed by atoms with Gasteiger partial charge in [-0.1, -0.05) is 31.2 Å². The Hall–Kier alpha value is -0.900. The molecule has 0 saturated carbocycles. The molecule has 0 amide bonds. The van der Waals surface area contributed by atoms with E-state index in [1.807, 2.05) is 0 Å². The summed E-state index contributed by atoms with van der Waals surface area (Å²) in [7, 11) is 0. The third-order valence-electron chi connectivity index (χ3n) is 4.14. The number of morpholine rings is 1. The highest BCUT2D eigenvalue weighted by Crippen LogP contribution is 2.38. The minimum atomic E-state index is -0.434. The zero-order valence-corrected chi connectivity index (χ0v) is 10.9. The standard InChI is InChI=1S/C15H21NO2/c1-2-9-16-13-8-7-11-5-3-4-6-12(11)15(13)18-10-14(16)17/h3-6,13-15,17H,2,7-10H2,1H3/t13-,14?,15-/m1/s1. The summed E-state index contributed by atoms with van der Waals surface area (Å²) >= 11 is 0. The van der Waals surface area contributed by atoms with E-state index in [2.05, 4.69) is 36.1 Å². The van der Waals surface area contributed by atoms with Gasteiger partial charge in [-0.2, -0.15) is 0 Å². The molecular weight excluding hydrogens is 226 g/mol. The molecule has 98 valence electrons. The van der Waals surface area contributed by atoms with Gasteiger partial charge in [-0.05, 0) is 30.4 Å². The van der Waals surface area contributed by atoms with Crippen molar-refractivity contribution in [1.29, 1.82) is 0 Å². The first kappa shape index (κ1) is 12.2. The van der Waals surface area contributed by atoms with Crippen molar-refractivity contribution in [3.8, 4) is 0 Å². The molecule has 2 aliphatic rings. The summed E-state index contributed by atoms with van der Waals surface area (Å²) in [4.78, 5) is 2.23. The Kier molecular flexibility index (Phi) is 3.37. The smallest absolute Gasteiger partial charge is 0.131 e. The molecule has 1 aliphatic heterocycles. The average Bonchev–Trinajstić information content (AvgIpc) is 2.41. The lowest BCUT2D eigenvalue weighted by molar-refractivity contribution is -0.177. The molecule has 1 aliphatic carbocycles. The van der Waals surface area contributed by atoms with Gasteiger partial charge in [0.15, 0.2) is 0 Å². The number of aliphatic hydroxyl groups is 1. The maximum Gasteiger partial charge on any atom is 0.131 e. The van der Waals surface area contributed by atoms with Gasteiger partial charge in [0.05, 0.1) is 12.7 Å². The monoisotopic (exact) mass is 247 g/mol. The minimum Gasteiger partial charge on any atom is -0.376 e. The van der Waals surface area contributed by atoms with E-state index in [9.17, 15) is 5.11 Å². The Morgan fingerprint density at radius 3 is 3.06 bits per heavy atom. The lowest BCUT2D eigenvalue weighted by Crippen LogP contribution is -2.54. The Labute approximate surface area is 108 Å². The zero-order chi connectivity index (χ0) is 12.5. The summed E-state index contributed by atoms with van der Waals surface area (Å²) in [5.41, 5.74) is 2.73. The SMILES string of the molecule is CCCN1C(O)CO[C@@H]2c3ccccc3CC[C@H]21. The fourth-order valence-electron chi connectivity index (χ4n) is 3.32. The Morgan fingerprint density at radius 1 is 1.39 bits per heavy atom. The Balaban J connectivity index is 1.90. The number of ether oxygens (including phenoxy) is 1. The van der Waals surface area contributed by atoms with Gasteiger partial charge in [0, 0.05) is 12.6 Å². The molecule has 3 nitrogen and oxygen atoms in total. The van der Waals surface area contributed by atoms with Crippen LogP contribution in [0.2, 0.25) is 0 Å². The number of nitrogens with zero attached hydrogens (tertiary/aromatic N) is 1. The molecule has 3 atom stereocenters. The van der Waals surface area contributed by atoms with Crippen molar-refractivity contribution in [3.05, 3.63) is 35.4 Å². The summed E-state index contributed by atoms with van der Waals surface area (Å²) in [6.07, 6.45) is 2.95. The lowest BCUT2D eigenvalue weighted by Gasteiger charge is -2.47. The summed E-state index contributed by atoms with van der Waals surface area (Å²) in [6.45, 7) is 3.54. The van der Waals surface area contributed by atoms with Crippen LogP contribution in [-0.2, 0) is 11.2 Å². The predicted molar refractivity (Wildman–Crippen MR) is 70.2 cm³/mol. The van der Waals surface area contributed by atoms with Crippen molar-refractivity contribution in [2.45, 2.75) is 44.6 Å². The van der Waals surface area contributed by atoms with E-state index in [-0.39, 0.29) is 6.10 Å². The summed E-state index contributed by atoms with van der Waals surface area (Å²) in [5, 5.41) is 10.1. The van der Waals surface area contributed by atoms with Crippen LogP contribution in [0.5, 0.6) is 0 Å². The summed E-state index contributed by atoms with van der Waals surface area (Å²) < 4.78 is 5.91. The van der Waals surface area contributed by atoms with Crippen LogP contribution in [0.1, 0.15) is 37.0 Å². The highest BCUT2D eigenvalue weighted by molar-refractivity contribution is 5.33. The molecule has 1 aromatic rings. The topological polar surface area (TPSA) is 32.7 Å². The van der Waals surface area contributed by atoms with Crippen molar-refractivity contribution in [2.75, 3.05) is 13.2 Å². The quantitative estimate of drug-likeness (QED) is 0.868. The molecular formula is C15H21NO2. The molecule has 18 heavy (non-hydrogen) atoms. The molecule has 1 N–H and O–H groups in total. The number of hydrogen-bond acceptors (Lipinski definition) is 3. The molecule has 1 heterocycles. The van der Waals surface area contributed by atoms with Crippen LogP contribution in [0.4, 0.5) is 0 Å². The number of aliphatic hydroxyl groups excluding tert-OH is 1. The van der Waals surface area contributed by atoms with E-state index in [0.29, 0.717) is 12.6 Å². The first-order valence-corrected chi connectivity index (χ1v) is 6.94. The highest BCUT2D eigenvalue weighted by Gasteiger charge is 2.40. The number of aryl methyl sites for hydroxylation is 1. The Morgan fingerprint density at radius 2 is 2.22 bits per heavy atom. The fourth-order valence-corrected chi connectivity index (χ4v) is 3.32. The number of benzene rings is 1. The average molecular weight is 247 g/mol. The molecule has 1 aromatic carbocycles. The zero-order valence-electron chi connectivity index (χ0n) is 10.9. The third-order valence-corrected chi connectivity index (χ3v) is 4.14. The molecule has 1 unspecified atom stereocenters. The van der Waals surface area contributed by atoms with E-state index in [4.69, 9.17) is 4.74 Å². The van der Waals surface area contributed by atoms with Gasteiger partial charge in [-0.15, -0.1) is 0 Å². The van der Waals surface area contributed by atoms with E-state index in [0.717, 1.165) is 25.8 Å². The molecule has 1 saturated heterocycles. The molecule has 1 fully saturated rings. The van der Waals surface area contributed by atoms with Crippen molar-refractivity contribution in [2.24, 2.45) is 0 Å². The maximum atomic E-state index is 10.1. The predicted octanol–water partition coefficient (Wildman–Crippen LogP) is 2.10. The van der Waals surface area contributed by atoms with Gasteiger partial charge in [0.2, 0.25) is 0 Å². The van der Waals surface area contributed by atoms with Crippen LogP contribution in [0.25, 0.3) is 0 Å². The number of rotatable bonds is 2. The molecule has 0 spiro atoms. The van der Waals surface area contributed by atoms with Crippen LogP contribution >= 0.6 is 0 Å². The minimum absolute atomic E-state index is 0.143. The lowest BCUT2D eigenvalue weighted by atomic mass is 9.84. The van der Waals surface area contributed by atoms with Gasteiger partial charge < -0.3 is 9.84 Å². The van der Waals surface area contributed by atoms with Gasteiger partial charge >= 0.3 is 0 Å². The summed E-state index contributed by atoms with van der Waals surface area (Å²) in [5.74, 6) is 0. The van der Waals surface area contributed by atoms with Gasteiger partial charge in [-0.25, -0.2) is 0 Å². The van der Waals surface area contributed by atoms with Gasteiger partial charge in [0.25, 0.3) is 0 Å². The third kappa shape index (κ3) is 1.96. The van der Waals surface area contributed by atoms with Crippen molar-refractivity contribution >= 4 is 0 Å². The first-order chi connectivity index (χ1) is 8.81. The molecule has 0 bridgehead atoms. The second-order valence-electron chi connectivity index (χ2n) is 5.28. The molecule has 0 radical (unpaired) electrons. The Bertz CT molecular complexity index is 421. The summed E-state index contributed by atoms with van der Waals surface area (Å²) in [6, 6.07) is 8.89. The number of hydrogen-bond donors (Lipinski definition) is 1. The van der Waals surface area contributed by atoms with E-state index in [1.165, 1.54) is 11.1 Å². The molecule has 0 aromatic heterocycles. The van der Waals surface area contributed by atoms with Crippen LogP contribution in [-0.4, -0.2) is 35.4 Å². The molecule has 3 rings (SSSR count).